The summed E-state index contributed by atoms with van der Waals surface area (Å²) >= 11 is 1.37. The first-order chi connectivity index (χ1) is 17.5. The van der Waals surface area contributed by atoms with Gasteiger partial charge in [0.25, 0.3) is 5.56 Å². The molecular weight excluding hydrogens is 479 g/mol. The molecule has 0 atom stereocenters. The molecule has 0 bridgehead atoms. The van der Waals surface area contributed by atoms with Gasteiger partial charge < -0.3 is 4.52 Å². The van der Waals surface area contributed by atoms with Gasteiger partial charge in [0, 0.05) is 5.56 Å². The minimum absolute atomic E-state index is 0.158. The minimum Gasteiger partial charge on any atom is -0.338 e. The van der Waals surface area contributed by atoms with Crippen LogP contribution in [-0.2, 0) is 5.75 Å². The van der Waals surface area contributed by atoms with Crippen molar-refractivity contribution in [2.45, 2.75) is 24.8 Å². The predicted molar refractivity (Wildman–Crippen MR) is 135 cm³/mol. The summed E-state index contributed by atoms with van der Waals surface area (Å²) in [4.78, 5) is 18.0. The van der Waals surface area contributed by atoms with Crippen LogP contribution in [0.5, 0.6) is 0 Å². The molecule has 0 amide bonds. The van der Waals surface area contributed by atoms with Crippen LogP contribution < -0.4 is 5.56 Å². The lowest BCUT2D eigenvalue weighted by molar-refractivity contribution is 0.391. The molecule has 0 N–H and O–H groups in total. The molecule has 3 heterocycles. The second kappa shape index (κ2) is 8.72. The molecule has 3 aromatic carbocycles. The number of hydrogen-bond donors (Lipinski definition) is 0. The van der Waals surface area contributed by atoms with E-state index in [-0.39, 0.29) is 11.4 Å². The number of nitrogens with zero attached hydrogens (tertiary/aromatic N) is 6. The number of rotatable bonds is 5. The molecule has 0 aliphatic carbocycles. The van der Waals surface area contributed by atoms with Crippen LogP contribution in [0.25, 0.3) is 33.8 Å². The van der Waals surface area contributed by atoms with Crippen molar-refractivity contribution in [3.8, 4) is 17.1 Å². The summed E-state index contributed by atoms with van der Waals surface area (Å²) in [5.74, 6) is 1.20. The van der Waals surface area contributed by atoms with E-state index in [4.69, 9.17) is 4.52 Å². The average molecular weight is 499 g/mol. The zero-order valence-corrected chi connectivity index (χ0v) is 20.2. The molecule has 6 aromatic rings. The molecule has 0 saturated heterocycles. The largest absolute Gasteiger partial charge is 0.338 e. The highest BCUT2D eigenvalue weighted by Crippen LogP contribution is 2.27. The van der Waals surface area contributed by atoms with Gasteiger partial charge in [-0.15, -0.1) is 10.2 Å². The van der Waals surface area contributed by atoms with E-state index in [9.17, 15) is 9.18 Å². The van der Waals surface area contributed by atoms with Crippen molar-refractivity contribution in [1.82, 2.24) is 29.3 Å². The predicted octanol–water partition coefficient (Wildman–Crippen LogP) is 5.13. The molecule has 0 unspecified atom stereocenters. The third-order valence-electron chi connectivity index (χ3n) is 5.88. The lowest BCUT2D eigenvalue weighted by Gasteiger charge is -2.13. The van der Waals surface area contributed by atoms with Gasteiger partial charge in [-0.05, 0) is 61.9 Å². The average Bonchev–Trinajstić information content (AvgIpc) is 3.52. The lowest BCUT2D eigenvalue weighted by atomic mass is 10.1. The Hall–Kier alpha value is -4.31. The second-order valence-electron chi connectivity index (χ2n) is 8.37. The molecule has 0 saturated carbocycles. The quantitative estimate of drug-likeness (QED) is 0.304. The Morgan fingerprint density at radius 2 is 1.81 bits per heavy atom. The van der Waals surface area contributed by atoms with E-state index in [2.05, 4.69) is 20.3 Å². The van der Waals surface area contributed by atoms with Crippen LogP contribution in [0.15, 0.2) is 81.2 Å². The van der Waals surface area contributed by atoms with Crippen LogP contribution >= 0.6 is 11.8 Å². The van der Waals surface area contributed by atoms with E-state index in [1.54, 1.807) is 22.8 Å². The topological polar surface area (TPSA) is 91.1 Å². The third kappa shape index (κ3) is 3.75. The fourth-order valence-electron chi connectivity index (χ4n) is 4.20. The van der Waals surface area contributed by atoms with Crippen molar-refractivity contribution >= 4 is 28.4 Å². The molecule has 8 nitrogen and oxygen atoms in total. The van der Waals surface area contributed by atoms with Crippen molar-refractivity contribution in [3.05, 3.63) is 99.9 Å². The van der Waals surface area contributed by atoms with Crippen molar-refractivity contribution in [1.29, 1.82) is 0 Å². The zero-order valence-electron chi connectivity index (χ0n) is 19.3. The lowest BCUT2D eigenvalue weighted by Crippen LogP contribution is -2.22. The number of aromatic nitrogens is 6. The fraction of sp³-hybridized carbons (Fsp3) is 0.115. The van der Waals surface area contributed by atoms with Gasteiger partial charge in [0.05, 0.1) is 22.3 Å². The monoisotopic (exact) mass is 498 g/mol. The molecular formula is C26H19FN6O2S. The number of aryl methyl sites for hydroxylation is 2. The number of hydrogen-bond acceptors (Lipinski definition) is 7. The molecule has 36 heavy (non-hydrogen) atoms. The Balaban J connectivity index is 1.42. The van der Waals surface area contributed by atoms with E-state index in [0.717, 1.165) is 16.8 Å². The van der Waals surface area contributed by atoms with Gasteiger partial charge >= 0.3 is 0 Å². The van der Waals surface area contributed by atoms with Crippen LogP contribution in [0, 0.1) is 19.7 Å². The molecule has 178 valence electrons. The van der Waals surface area contributed by atoms with E-state index >= 15 is 0 Å². The smallest absolute Gasteiger partial charge is 0.267 e. The van der Waals surface area contributed by atoms with Gasteiger partial charge in [-0.1, -0.05) is 46.7 Å². The first-order valence-electron chi connectivity index (χ1n) is 11.2. The molecule has 0 aliphatic heterocycles. The molecule has 3 aromatic heterocycles. The Morgan fingerprint density at radius 1 is 1.00 bits per heavy atom. The summed E-state index contributed by atoms with van der Waals surface area (Å²) in [5, 5.41) is 13.9. The summed E-state index contributed by atoms with van der Waals surface area (Å²) in [6, 6.07) is 19.2. The Bertz CT molecular complexity index is 1810. The van der Waals surface area contributed by atoms with Crippen molar-refractivity contribution < 1.29 is 8.91 Å². The fourth-order valence-corrected chi connectivity index (χ4v) is 4.98. The van der Waals surface area contributed by atoms with Gasteiger partial charge in [-0.3, -0.25) is 9.20 Å². The first kappa shape index (κ1) is 22.2. The molecule has 10 heteroatoms. The summed E-state index contributed by atoms with van der Waals surface area (Å²) in [7, 11) is 0. The van der Waals surface area contributed by atoms with Gasteiger partial charge in [0.2, 0.25) is 17.5 Å². The van der Waals surface area contributed by atoms with Gasteiger partial charge in [-0.2, -0.15) is 4.98 Å². The highest BCUT2D eigenvalue weighted by atomic mass is 32.2. The van der Waals surface area contributed by atoms with Crippen LogP contribution in [0.1, 0.15) is 17.0 Å². The number of fused-ring (bicyclic) bond motifs is 3. The SMILES string of the molecule is Cc1ccc(-n2c(=O)c3ccccc3n3c(SCc4nc(-c5ccc(F)cc5)no4)nnc23)c(C)c1. The van der Waals surface area contributed by atoms with E-state index < -0.39 is 0 Å². The van der Waals surface area contributed by atoms with Gasteiger partial charge in [-0.25, -0.2) is 8.96 Å². The van der Waals surface area contributed by atoms with Gasteiger partial charge in [0.1, 0.15) is 5.82 Å². The number of halogens is 1. The molecule has 0 radical (unpaired) electrons. The highest BCUT2D eigenvalue weighted by Gasteiger charge is 2.20. The van der Waals surface area contributed by atoms with Crippen LogP contribution in [0.3, 0.4) is 0 Å². The maximum atomic E-state index is 13.5. The van der Waals surface area contributed by atoms with Crippen LogP contribution in [-0.4, -0.2) is 29.3 Å². The maximum Gasteiger partial charge on any atom is 0.267 e. The summed E-state index contributed by atoms with van der Waals surface area (Å²) in [5.41, 5.74) is 4.04. The molecule has 0 aliphatic rings. The number of para-hydroxylation sites is 1. The summed E-state index contributed by atoms with van der Waals surface area (Å²) in [6.45, 7) is 3.99. The van der Waals surface area contributed by atoms with E-state index in [1.165, 1.54) is 23.9 Å². The Morgan fingerprint density at radius 3 is 2.61 bits per heavy atom. The normalized spacial score (nSPS) is 11.5. The highest BCUT2D eigenvalue weighted by molar-refractivity contribution is 7.98. The first-order valence-corrected chi connectivity index (χ1v) is 12.2. The molecule has 0 spiro atoms. The Kier molecular flexibility index (Phi) is 5.37. The molecule has 6 rings (SSSR count). The van der Waals surface area contributed by atoms with Crippen molar-refractivity contribution in [3.63, 3.8) is 0 Å². The van der Waals surface area contributed by atoms with Crippen LogP contribution in [0.2, 0.25) is 0 Å². The zero-order chi connectivity index (χ0) is 24.8. The van der Waals surface area contributed by atoms with E-state index in [1.807, 2.05) is 54.6 Å². The number of benzene rings is 3. The second-order valence-corrected chi connectivity index (χ2v) is 9.32. The van der Waals surface area contributed by atoms with Crippen molar-refractivity contribution in [2.75, 3.05) is 0 Å². The minimum atomic E-state index is -0.330. The number of thioether (sulfide) groups is 1. The molecule has 0 fully saturated rings. The summed E-state index contributed by atoms with van der Waals surface area (Å²) < 4.78 is 22.1. The third-order valence-corrected chi connectivity index (χ3v) is 6.80. The summed E-state index contributed by atoms with van der Waals surface area (Å²) in [6.07, 6.45) is 0. The van der Waals surface area contributed by atoms with Gasteiger partial charge in [0.15, 0.2) is 5.16 Å². The Labute approximate surface area is 208 Å². The van der Waals surface area contributed by atoms with Crippen molar-refractivity contribution in [2.24, 2.45) is 0 Å². The van der Waals surface area contributed by atoms with E-state index in [0.29, 0.717) is 44.9 Å². The maximum absolute atomic E-state index is 13.5. The van der Waals surface area contributed by atoms with Crippen LogP contribution in [0.4, 0.5) is 4.39 Å². The standard InChI is InChI=1S/C26H19FN6O2S/c1-15-7-12-20(16(2)13-15)32-24(34)19-5-3-4-6-21(19)33-25(32)29-30-26(33)36-14-22-28-23(31-35-22)17-8-10-18(27)11-9-17/h3-13H,14H2,1-2H3.